The highest BCUT2D eigenvalue weighted by Gasteiger charge is 2.14. The molecular weight excluding hydrogens is 350 g/mol. The first-order chi connectivity index (χ1) is 10.2. The van der Waals surface area contributed by atoms with E-state index in [9.17, 15) is 0 Å². The molecule has 0 unspecified atom stereocenters. The third-order valence-electron chi connectivity index (χ3n) is 3.46. The predicted molar refractivity (Wildman–Crippen MR) is 89.0 cm³/mol. The van der Waals surface area contributed by atoms with Crippen LogP contribution in [0.2, 0.25) is 0 Å². The SMILES string of the molecule is COc1nc2sccn2c1CN[C@@H](C)c1ccc(Br)cc1. The second kappa shape index (κ2) is 6.17. The van der Waals surface area contributed by atoms with Crippen LogP contribution in [0.4, 0.5) is 0 Å². The highest BCUT2D eigenvalue weighted by atomic mass is 79.9. The van der Waals surface area contributed by atoms with Gasteiger partial charge in [-0.05, 0) is 24.6 Å². The average Bonchev–Trinajstić information content (AvgIpc) is 3.06. The van der Waals surface area contributed by atoms with Crippen LogP contribution in [-0.4, -0.2) is 16.5 Å². The van der Waals surface area contributed by atoms with Crippen molar-refractivity contribution in [2.24, 2.45) is 0 Å². The number of nitrogens with one attached hydrogen (secondary N) is 1. The molecule has 4 nitrogen and oxygen atoms in total. The van der Waals surface area contributed by atoms with Gasteiger partial charge in [-0.25, -0.2) is 0 Å². The first-order valence-corrected chi connectivity index (χ1v) is 8.33. The maximum absolute atomic E-state index is 5.37. The summed E-state index contributed by atoms with van der Waals surface area (Å²) in [6.07, 6.45) is 2.02. The van der Waals surface area contributed by atoms with Crippen LogP contribution in [0.3, 0.4) is 0 Å². The normalized spacial score (nSPS) is 12.7. The fourth-order valence-corrected chi connectivity index (χ4v) is 3.24. The number of fused-ring (bicyclic) bond motifs is 1. The number of ether oxygens (including phenoxy) is 1. The molecule has 3 aromatic rings. The largest absolute Gasteiger partial charge is 0.480 e. The number of halogens is 1. The zero-order valence-corrected chi connectivity index (χ0v) is 14.2. The molecule has 1 N–H and O–H groups in total. The van der Waals surface area contributed by atoms with Gasteiger partial charge in [-0.15, -0.1) is 11.3 Å². The van der Waals surface area contributed by atoms with E-state index in [1.165, 1.54) is 5.56 Å². The van der Waals surface area contributed by atoms with Crippen molar-refractivity contribution in [3.05, 3.63) is 51.6 Å². The summed E-state index contributed by atoms with van der Waals surface area (Å²) in [6.45, 7) is 2.86. The fraction of sp³-hybridized carbons (Fsp3) is 0.267. The molecule has 0 saturated carbocycles. The fourth-order valence-electron chi connectivity index (χ4n) is 2.26. The van der Waals surface area contributed by atoms with Gasteiger partial charge in [0.05, 0.1) is 7.11 Å². The molecule has 3 rings (SSSR count). The van der Waals surface area contributed by atoms with E-state index in [0.717, 1.165) is 15.1 Å². The molecule has 21 heavy (non-hydrogen) atoms. The molecule has 1 atom stereocenters. The number of aromatic nitrogens is 2. The summed E-state index contributed by atoms with van der Waals surface area (Å²) < 4.78 is 8.54. The number of hydrogen-bond acceptors (Lipinski definition) is 4. The summed E-state index contributed by atoms with van der Waals surface area (Å²) in [7, 11) is 1.66. The number of methoxy groups -OCH3 is 1. The maximum Gasteiger partial charge on any atom is 0.237 e. The zero-order valence-electron chi connectivity index (χ0n) is 11.8. The Balaban J connectivity index is 1.76. The van der Waals surface area contributed by atoms with E-state index in [-0.39, 0.29) is 6.04 Å². The molecule has 110 valence electrons. The summed E-state index contributed by atoms with van der Waals surface area (Å²) in [5.74, 6) is 0.692. The van der Waals surface area contributed by atoms with E-state index in [1.807, 2.05) is 11.6 Å². The Bertz CT molecular complexity index is 735. The lowest BCUT2D eigenvalue weighted by atomic mass is 10.1. The van der Waals surface area contributed by atoms with Crippen molar-refractivity contribution in [3.8, 4) is 5.88 Å². The van der Waals surface area contributed by atoms with Crippen LogP contribution in [0.15, 0.2) is 40.3 Å². The van der Waals surface area contributed by atoms with Gasteiger partial charge in [0.25, 0.3) is 0 Å². The first-order valence-electron chi connectivity index (χ1n) is 6.66. The van der Waals surface area contributed by atoms with E-state index >= 15 is 0 Å². The van der Waals surface area contributed by atoms with Crippen LogP contribution in [0.25, 0.3) is 4.96 Å². The monoisotopic (exact) mass is 365 g/mol. The van der Waals surface area contributed by atoms with Gasteiger partial charge in [-0.1, -0.05) is 28.1 Å². The van der Waals surface area contributed by atoms with Gasteiger partial charge in [0.1, 0.15) is 5.69 Å². The molecule has 0 aliphatic heterocycles. The summed E-state index contributed by atoms with van der Waals surface area (Å²) in [5.41, 5.74) is 2.31. The van der Waals surface area contributed by atoms with Crippen molar-refractivity contribution in [3.63, 3.8) is 0 Å². The Morgan fingerprint density at radius 2 is 2.14 bits per heavy atom. The Kier molecular flexibility index (Phi) is 4.28. The number of benzene rings is 1. The van der Waals surface area contributed by atoms with Crippen molar-refractivity contribution in [2.45, 2.75) is 19.5 Å². The molecule has 0 saturated heterocycles. The third-order valence-corrected chi connectivity index (χ3v) is 4.75. The number of thiazole rings is 1. The lowest BCUT2D eigenvalue weighted by Gasteiger charge is -2.14. The molecule has 0 radical (unpaired) electrons. The van der Waals surface area contributed by atoms with Gasteiger partial charge in [-0.2, -0.15) is 4.98 Å². The summed E-state index contributed by atoms with van der Waals surface area (Å²) in [5, 5.41) is 5.56. The lowest BCUT2D eigenvalue weighted by molar-refractivity contribution is 0.391. The number of rotatable bonds is 5. The van der Waals surface area contributed by atoms with Crippen LogP contribution < -0.4 is 10.1 Å². The van der Waals surface area contributed by atoms with E-state index in [1.54, 1.807) is 18.4 Å². The molecule has 0 fully saturated rings. The second-order valence-electron chi connectivity index (χ2n) is 4.78. The summed E-state index contributed by atoms with van der Waals surface area (Å²) in [4.78, 5) is 5.42. The standard InChI is InChI=1S/C15H16BrN3OS/c1-10(11-3-5-12(16)6-4-11)17-9-13-14(20-2)18-15-19(13)7-8-21-15/h3-8,10,17H,9H2,1-2H3/t10-/m0/s1. The van der Waals surface area contributed by atoms with Crippen LogP contribution in [0.1, 0.15) is 24.2 Å². The Hall–Kier alpha value is -1.37. The molecule has 2 heterocycles. The predicted octanol–water partition coefficient (Wildman–Crippen LogP) is 4.02. The molecular formula is C15H16BrN3OS. The van der Waals surface area contributed by atoms with Crippen LogP contribution >= 0.6 is 27.3 Å². The van der Waals surface area contributed by atoms with Crippen LogP contribution in [-0.2, 0) is 6.54 Å². The van der Waals surface area contributed by atoms with Gasteiger partial charge in [0, 0.05) is 28.6 Å². The highest BCUT2D eigenvalue weighted by Crippen LogP contribution is 2.24. The zero-order chi connectivity index (χ0) is 14.8. The second-order valence-corrected chi connectivity index (χ2v) is 6.57. The smallest absolute Gasteiger partial charge is 0.237 e. The van der Waals surface area contributed by atoms with E-state index in [0.29, 0.717) is 12.4 Å². The topological polar surface area (TPSA) is 38.6 Å². The summed E-state index contributed by atoms with van der Waals surface area (Å²) in [6, 6.07) is 8.62. The molecule has 0 amide bonds. The Morgan fingerprint density at radius 1 is 1.38 bits per heavy atom. The first kappa shape index (κ1) is 14.6. The molecule has 0 aliphatic carbocycles. The molecule has 0 bridgehead atoms. The van der Waals surface area contributed by atoms with Crippen molar-refractivity contribution >= 4 is 32.2 Å². The highest BCUT2D eigenvalue weighted by molar-refractivity contribution is 9.10. The Labute approximate surface area is 135 Å². The van der Waals surface area contributed by atoms with E-state index < -0.39 is 0 Å². The lowest BCUT2D eigenvalue weighted by Crippen LogP contribution is -2.19. The van der Waals surface area contributed by atoms with Gasteiger partial charge in [0.2, 0.25) is 5.88 Å². The number of imidazole rings is 1. The van der Waals surface area contributed by atoms with Crippen molar-refractivity contribution in [1.82, 2.24) is 14.7 Å². The number of nitrogens with zero attached hydrogens (tertiary/aromatic N) is 2. The molecule has 0 aliphatic rings. The minimum atomic E-state index is 0.256. The van der Waals surface area contributed by atoms with E-state index in [2.05, 4.69) is 61.8 Å². The van der Waals surface area contributed by atoms with Crippen LogP contribution in [0, 0.1) is 0 Å². The van der Waals surface area contributed by atoms with Crippen LogP contribution in [0.5, 0.6) is 5.88 Å². The van der Waals surface area contributed by atoms with E-state index in [4.69, 9.17) is 4.74 Å². The Morgan fingerprint density at radius 3 is 2.86 bits per heavy atom. The van der Waals surface area contributed by atoms with Crippen molar-refractivity contribution in [1.29, 1.82) is 0 Å². The molecule has 2 aromatic heterocycles. The maximum atomic E-state index is 5.37. The van der Waals surface area contributed by atoms with Crippen molar-refractivity contribution in [2.75, 3.05) is 7.11 Å². The quantitative estimate of drug-likeness (QED) is 0.741. The summed E-state index contributed by atoms with van der Waals surface area (Å²) >= 11 is 5.07. The molecule has 1 aromatic carbocycles. The van der Waals surface area contributed by atoms with Gasteiger partial charge in [-0.3, -0.25) is 4.40 Å². The molecule has 6 heteroatoms. The van der Waals surface area contributed by atoms with Gasteiger partial charge in [0.15, 0.2) is 4.96 Å². The minimum Gasteiger partial charge on any atom is -0.480 e. The molecule has 0 spiro atoms. The minimum absolute atomic E-state index is 0.256. The van der Waals surface area contributed by atoms with Gasteiger partial charge >= 0.3 is 0 Å². The van der Waals surface area contributed by atoms with Gasteiger partial charge < -0.3 is 10.1 Å². The third kappa shape index (κ3) is 2.97. The van der Waals surface area contributed by atoms with Crippen molar-refractivity contribution < 1.29 is 4.74 Å². The number of hydrogen-bond donors (Lipinski definition) is 1. The average molecular weight is 366 g/mol.